The molecule has 0 atom stereocenters. The van der Waals surface area contributed by atoms with Crippen molar-refractivity contribution in [2.24, 2.45) is 7.05 Å². The summed E-state index contributed by atoms with van der Waals surface area (Å²) in [6.45, 7) is 2.26. The number of anilines is 1. The lowest BCUT2D eigenvalue weighted by Gasteiger charge is -2.17. The van der Waals surface area contributed by atoms with Crippen LogP contribution in [0.15, 0.2) is 73.2 Å². The fraction of sp³-hybridized carbons (Fsp3) is 0.154. The van der Waals surface area contributed by atoms with Crippen LogP contribution >= 0.6 is 0 Å². The van der Waals surface area contributed by atoms with Crippen LogP contribution in [0.3, 0.4) is 0 Å². The fourth-order valence-electron chi connectivity index (χ4n) is 3.87. The molecule has 5 aromatic rings. The highest BCUT2D eigenvalue weighted by atomic mass is 16.2. The summed E-state index contributed by atoms with van der Waals surface area (Å²) in [4.78, 5) is 36.7. The highest BCUT2D eigenvalue weighted by Crippen LogP contribution is 2.19. The minimum Gasteiger partial charge on any atom is -0.337 e. The van der Waals surface area contributed by atoms with E-state index in [1.165, 1.54) is 15.8 Å². The van der Waals surface area contributed by atoms with Crippen molar-refractivity contribution in [1.82, 2.24) is 34.3 Å². The molecule has 180 valence electrons. The highest BCUT2D eigenvalue weighted by molar-refractivity contribution is 6.11. The highest BCUT2D eigenvalue weighted by Gasteiger charge is 2.25. The number of hydrogen-bond donors (Lipinski definition) is 1. The SMILES string of the molecule is Cc1ccc(CN(C)C(=O)c2cnn(C)c2C(=O)Nc2ccn3nc(-c4ccccc4)nc3c2)cn1. The molecular weight excluding hydrogens is 456 g/mol. The number of fused-ring (bicyclic) bond motifs is 1. The summed E-state index contributed by atoms with van der Waals surface area (Å²) in [6.07, 6.45) is 4.87. The van der Waals surface area contributed by atoms with Gasteiger partial charge in [0.1, 0.15) is 5.69 Å². The molecule has 2 amide bonds. The van der Waals surface area contributed by atoms with E-state index in [1.54, 1.807) is 43.1 Å². The van der Waals surface area contributed by atoms with Gasteiger partial charge in [-0.05, 0) is 24.6 Å². The number of rotatable bonds is 6. The van der Waals surface area contributed by atoms with Crippen LogP contribution in [0.2, 0.25) is 0 Å². The molecule has 36 heavy (non-hydrogen) atoms. The maximum Gasteiger partial charge on any atom is 0.274 e. The summed E-state index contributed by atoms with van der Waals surface area (Å²) in [7, 11) is 3.31. The Morgan fingerprint density at radius 1 is 1.06 bits per heavy atom. The third kappa shape index (κ3) is 4.56. The lowest BCUT2D eigenvalue weighted by molar-refractivity contribution is 0.0779. The van der Waals surface area contributed by atoms with Crippen molar-refractivity contribution in [2.75, 3.05) is 12.4 Å². The summed E-state index contributed by atoms with van der Waals surface area (Å²) in [6, 6.07) is 16.9. The van der Waals surface area contributed by atoms with Gasteiger partial charge in [0.15, 0.2) is 11.5 Å². The lowest BCUT2D eigenvalue weighted by Crippen LogP contribution is -2.29. The van der Waals surface area contributed by atoms with Crippen molar-refractivity contribution in [3.8, 4) is 11.4 Å². The molecule has 0 fully saturated rings. The zero-order chi connectivity index (χ0) is 25.2. The number of nitrogens with zero attached hydrogens (tertiary/aromatic N) is 7. The number of amides is 2. The van der Waals surface area contributed by atoms with E-state index in [2.05, 4.69) is 25.5 Å². The van der Waals surface area contributed by atoms with Crippen molar-refractivity contribution in [3.05, 3.63) is 95.7 Å². The minimum absolute atomic E-state index is 0.167. The van der Waals surface area contributed by atoms with Crippen LogP contribution in [-0.2, 0) is 13.6 Å². The zero-order valence-corrected chi connectivity index (χ0v) is 20.1. The molecule has 0 aliphatic carbocycles. The molecule has 0 saturated heterocycles. The molecule has 0 radical (unpaired) electrons. The lowest BCUT2D eigenvalue weighted by atomic mass is 10.2. The molecule has 4 aromatic heterocycles. The number of aromatic nitrogens is 6. The third-order valence-corrected chi connectivity index (χ3v) is 5.75. The Morgan fingerprint density at radius 2 is 1.86 bits per heavy atom. The zero-order valence-electron chi connectivity index (χ0n) is 20.1. The normalized spacial score (nSPS) is 11.0. The molecule has 0 spiro atoms. The number of pyridine rings is 2. The van der Waals surface area contributed by atoms with Gasteiger partial charge in [-0.1, -0.05) is 36.4 Å². The third-order valence-electron chi connectivity index (χ3n) is 5.75. The van der Waals surface area contributed by atoms with Gasteiger partial charge in [-0.15, -0.1) is 5.10 Å². The van der Waals surface area contributed by atoms with Crippen LogP contribution in [-0.4, -0.2) is 53.1 Å². The predicted octanol–water partition coefficient (Wildman–Crippen LogP) is 3.36. The van der Waals surface area contributed by atoms with Crippen molar-refractivity contribution in [2.45, 2.75) is 13.5 Å². The Labute approximate surface area is 207 Å². The second kappa shape index (κ2) is 9.41. The van der Waals surface area contributed by atoms with E-state index in [0.717, 1.165) is 16.8 Å². The Bertz CT molecular complexity index is 1550. The van der Waals surface area contributed by atoms with Gasteiger partial charge in [-0.25, -0.2) is 9.50 Å². The second-order valence-corrected chi connectivity index (χ2v) is 8.47. The van der Waals surface area contributed by atoms with Crippen LogP contribution < -0.4 is 5.32 Å². The quantitative estimate of drug-likeness (QED) is 0.399. The molecular formula is C26H24N8O2. The molecule has 1 aromatic carbocycles. The van der Waals surface area contributed by atoms with E-state index < -0.39 is 5.91 Å². The molecule has 10 heteroatoms. The first-order chi connectivity index (χ1) is 17.4. The largest absolute Gasteiger partial charge is 0.337 e. The van der Waals surface area contributed by atoms with E-state index in [0.29, 0.717) is 23.7 Å². The summed E-state index contributed by atoms with van der Waals surface area (Å²) < 4.78 is 3.04. The van der Waals surface area contributed by atoms with E-state index in [4.69, 9.17) is 0 Å². The van der Waals surface area contributed by atoms with E-state index >= 15 is 0 Å². The Kier molecular flexibility index (Phi) is 5.99. The number of carbonyl (C=O) groups excluding carboxylic acids is 2. The summed E-state index contributed by atoms with van der Waals surface area (Å²) >= 11 is 0. The summed E-state index contributed by atoms with van der Waals surface area (Å²) in [5.74, 6) is -0.171. The summed E-state index contributed by atoms with van der Waals surface area (Å²) in [5.41, 5.74) is 4.18. The van der Waals surface area contributed by atoms with Gasteiger partial charge >= 0.3 is 0 Å². The van der Waals surface area contributed by atoms with Gasteiger partial charge in [-0.2, -0.15) is 5.10 Å². The predicted molar refractivity (Wildman–Crippen MR) is 134 cm³/mol. The first-order valence-electron chi connectivity index (χ1n) is 11.3. The fourth-order valence-corrected chi connectivity index (χ4v) is 3.87. The smallest absolute Gasteiger partial charge is 0.274 e. The number of carbonyl (C=O) groups is 2. The Hall–Kier alpha value is -4.86. The number of benzene rings is 1. The number of hydrogen-bond acceptors (Lipinski definition) is 6. The molecule has 0 bridgehead atoms. The Balaban J connectivity index is 1.35. The topological polar surface area (TPSA) is 110 Å². The van der Waals surface area contributed by atoms with Gasteiger partial charge in [-0.3, -0.25) is 19.3 Å². The van der Waals surface area contributed by atoms with E-state index in [1.807, 2.05) is 49.4 Å². The molecule has 0 aliphatic heterocycles. The van der Waals surface area contributed by atoms with Crippen molar-refractivity contribution < 1.29 is 9.59 Å². The van der Waals surface area contributed by atoms with Gasteiger partial charge in [0.25, 0.3) is 11.8 Å². The Morgan fingerprint density at radius 3 is 2.61 bits per heavy atom. The van der Waals surface area contributed by atoms with Crippen LogP contribution in [0.1, 0.15) is 32.1 Å². The molecule has 1 N–H and O–H groups in total. The van der Waals surface area contributed by atoms with Crippen molar-refractivity contribution in [3.63, 3.8) is 0 Å². The van der Waals surface area contributed by atoms with E-state index in [9.17, 15) is 9.59 Å². The number of nitrogens with one attached hydrogen (secondary N) is 1. The molecule has 5 rings (SSSR count). The van der Waals surface area contributed by atoms with Crippen LogP contribution in [0.4, 0.5) is 5.69 Å². The average Bonchev–Trinajstić information content (AvgIpc) is 3.48. The van der Waals surface area contributed by atoms with Crippen molar-refractivity contribution >= 4 is 23.1 Å². The van der Waals surface area contributed by atoms with Crippen molar-refractivity contribution in [1.29, 1.82) is 0 Å². The van der Waals surface area contributed by atoms with Crippen LogP contribution in [0, 0.1) is 6.92 Å². The first kappa shape index (κ1) is 22.9. The van der Waals surface area contributed by atoms with E-state index in [-0.39, 0.29) is 17.2 Å². The molecule has 0 unspecified atom stereocenters. The summed E-state index contributed by atoms with van der Waals surface area (Å²) in [5, 5.41) is 11.5. The molecule has 4 heterocycles. The number of aryl methyl sites for hydroxylation is 2. The monoisotopic (exact) mass is 480 g/mol. The first-order valence-corrected chi connectivity index (χ1v) is 11.3. The van der Waals surface area contributed by atoms with Gasteiger partial charge < -0.3 is 10.2 Å². The maximum absolute atomic E-state index is 13.2. The standard InChI is InChI=1S/C26H24N8O2/c1-17-9-10-18(14-27-17)16-32(2)26(36)21-15-28-33(3)23(21)25(35)29-20-11-12-34-22(13-20)30-24(31-34)19-7-5-4-6-8-19/h4-15H,16H2,1-3H3,(H,29,35). The molecule has 10 nitrogen and oxygen atoms in total. The van der Waals surface area contributed by atoms with Gasteiger partial charge in [0, 0.05) is 56.0 Å². The molecule has 0 aliphatic rings. The van der Waals surface area contributed by atoms with Crippen LogP contribution in [0.5, 0.6) is 0 Å². The second-order valence-electron chi connectivity index (χ2n) is 8.47. The average molecular weight is 481 g/mol. The van der Waals surface area contributed by atoms with Gasteiger partial charge in [0.05, 0.1) is 11.8 Å². The minimum atomic E-state index is -0.448. The molecule has 0 saturated carbocycles. The maximum atomic E-state index is 13.2. The van der Waals surface area contributed by atoms with Gasteiger partial charge in [0.2, 0.25) is 0 Å². The van der Waals surface area contributed by atoms with Crippen LogP contribution in [0.25, 0.3) is 17.0 Å².